The molecule has 2 fully saturated rings. The fourth-order valence-corrected chi connectivity index (χ4v) is 3.54. The normalized spacial score (nSPS) is 23.1. The number of ether oxygens (including phenoxy) is 1. The molecule has 2 atom stereocenters. The van der Waals surface area contributed by atoms with E-state index in [0.717, 1.165) is 18.4 Å². The molecule has 1 saturated carbocycles. The number of rotatable bonds is 7. The number of halogens is 2. The topological polar surface area (TPSA) is 66.8 Å². The number of carboxylic acids is 1. The van der Waals surface area contributed by atoms with Crippen molar-refractivity contribution < 1.29 is 28.2 Å². The summed E-state index contributed by atoms with van der Waals surface area (Å²) in [6, 6.07) is 6.21. The van der Waals surface area contributed by atoms with E-state index in [4.69, 9.17) is 0 Å². The molecule has 0 spiro atoms. The molecule has 0 unspecified atom stereocenters. The fraction of sp³-hybridized carbons (Fsp3) is 0.556. The van der Waals surface area contributed by atoms with Crippen molar-refractivity contribution in [1.82, 2.24) is 4.90 Å². The summed E-state index contributed by atoms with van der Waals surface area (Å²) in [5, 5.41) is 9.35. The van der Waals surface area contributed by atoms with Crippen LogP contribution in [0.4, 0.5) is 8.78 Å². The summed E-state index contributed by atoms with van der Waals surface area (Å²) in [6.45, 7) is -2.04. The van der Waals surface area contributed by atoms with Gasteiger partial charge < -0.3 is 14.7 Å². The summed E-state index contributed by atoms with van der Waals surface area (Å²) >= 11 is 0. The van der Waals surface area contributed by atoms with Crippen molar-refractivity contribution in [2.75, 3.05) is 13.1 Å². The average Bonchev–Trinajstić information content (AvgIpc) is 3.31. The van der Waals surface area contributed by atoms with Crippen LogP contribution in [0.5, 0.6) is 5.75 Å². The minimum atomic E-state index is -2.86. The van der Waals surface area contributed by atoms with Crippen molar-refractivity contribution in [3.63, 3.8) is 0 Å². The van der Waals surface area contributed by atoms with Crippen LogP contribution >= 0.6 is 0 Å². The first-order valence-corrected chi connectivity index (χ1v) is 8.48. The van der Waals surface area contributed by atoms with E-state index in [1.807, 2.05) is 0 Å². The van der Waals surface area contributed by atoms with Gasteiger partial charge >= 0.3 is 12.6 Å². The molecule has 3 rings (SSSR count). The number of likely N-dealkylation sites (tertiary alicyclic amines) is 1. The summed E-state index contributed by atoms with van der Waals surface area (Å²) in [7, 11) is 0. The molecule has 5 nitrogen and oxygen atoms in total. The van der Waals surface area contributed by atoms with Gasteiger partial charge in [-0.2, -0.15) is 8.78 Å². The monoisotopic (exact) mass is 353 g/mol. The zero-order chi connectivity index (χ0) is 18.0. The quantitative estimate of drug-likeness (QED) is 0.819. The number of carbonyl (C=O) groups excluding carboxylic acids is 1. The highest BCUT2D eigenvalue weighted by molar-refractivity contribution is 5.79. The smallest absolute Gasteiger partial charge is 0.387 e. The van der Waals surface area contributed by atoms with Crippen molar-refractivity contribution in [1.29, 1.82) is 0 Å². The average molecular weight is 353 g/mol. The van der Waals surface area contributed by atoms with Crippen LogP contribution in [0.3, 0.4) is 0 Å². The Labute approximate surface area is 144 Å². The molecule has 1 saturated heterocycles. The van der Waals surface area contributed by atoms with Crippen molar-refractivity contribution >= 4 is 11.9 Å². The van der Waals surface area contributed by atoms with Gasteiger partial charge in [-0.3, -0.25) is 9.59 Å². The second-order valence-electron chi connectivity index (χ2n) is 6.77. The largest absolute Gasteiger partial charge is 0.481 e. The summed E-state index contributed by atoms with van der Waals surface area (Å²) in [4.78, 5) is 25.5. The third-order valence-electron chi connectivity index (χ3n) is 5.04. The van der Waals surface area contributed by atoms with Crippen LogP contribution in [0.15, 0.2) is 24.3 Å². The van der Waals surface area contributed by atoms with Crippen LogP contribution in [0.2, 0.25) is 0 Å². The van der Waals surface area contributed by atoms with E-state index in [1.165, 1.54) is 12.1 Å². The maximum absolute atomic E-state index is 12.4. The molecule has 1 N–H and O–H groups in total. The van der Waals surface area contributed by atoms with Gasteiger partial charge in [0.25, 0.3) is 0 Å². The molecule has 1 aromatic rings. The molecule has 7 heteroatoms. The summed E-state index contributed by atoms with van der Waals surface area (Å²) in [5.41, 5.74) is 0.850. The Morgan fingerprint density at radius 3 is 2.44 bits per heavy atom. The van der Waals surface area contributed by atoms with Gasteiger partial charge in [0, 0.05) is 19.5 Å². The number of benzene rings is 1. The van der Waals surface area contributed by atoms with E-state index in [0.29, 0.717) is 18.9 Å². The number of nitrogens with zero attached hydrogens (tertiary/aromatic N) is 1. The first-order chi connectivity index (χ1) is 11.9. The number of hydrogen-bond acceptors (Lipinski definition) is 3. The number of aliphatic carboxylic acids is 1. The lowest BCUT2D eigenvalue weighted by molar-refractivity contribution is -0.142. The first-order valence-electron chi connectivity index (χ1n) is 8.48. The maximum atomic E-state index is 12.4. The molecule has 1 amide bonds. The van der Waals surface area contributed by atoms with Crippen LogP contribution in [-0.2, 0) is 16.0 Å². The lowest BCUT2D eigenvalue weighted by Crippen LogP contribution is -2.30. The van der Waals surface area contributed by atoms with E-state index in [9.17, 15) is 23.5 Å². The molecule has 0 aromatic heterocycles. The minimum absolute atomic E-state index is 0.0534. The third kappa shape index (κ3) is 4.46. The summed E-state index contributed by atoms with van der Waals surface area (Å²) in [6.07, 6.45) is 2.88. The van der Waals surface area contributed by atoms with Crippen molar-refractivity contribution in [3.05, 3.63) is 29.8 Å². The highest BCUT2D eigenvalue weighted by Crippen LogP contribution is 2.44. The van der Waals surface area contributed by atoms with E-state index in [1.54, 1.807) is 17.0 Å². The predicted molar refractivity (Wildman–Crippen MR) is 85.3 cm³/mol. The van der Waals surface area contributed by atoms with Crippen molar-refractivity contribution in [2.45, 2.75) is 32.3 Å². The second-order valence-corrected chi connectivity index (χ2v) is 6.77. The number of alkyl halides is 2. The Morgan fingerprint density at radius 2 is 1.88 bits per heavy atom. The Balaban J connectivity index is 1.51. The van der Waals surface area contributed by atoms with Crippen LogP contribution in [0.1, 0.15) is 24.8 Å². The molecule has 1 aliphatic heterocycles. The van der Waals surface area contributed by atoms with E-state index >= 15 is 0 Å². The number of carbonyl (C=O) groups is 2. The number of hydrogen-bond donors (Lipinski definition) is 1. The zero-order valence-electron chi connectivity index (χ0n) is 13.7. The van der Waals surface area contributed by atoms with Gasteiger partial charge in [-0.15, -0.1) is 0 Å². The Kier molecular flexibility index (Phi) is 5.20. The highest BCUT2D eigenvalue weighted by atomic mass is 19.3. The van der Waals surface area contributed by atoms with Gasteiger partial charge in [-0.25, -0.2) is 0 Å². The van der Waals surface area contributed by atoms with Crippen LogP contribution < -0.4 is 4.74 Å². The molecule has 0 radical (unpaired) electrons. The van der Waals surface area contributed by atoms with E-state index in [-0.39, 0.29) is 30.5 Å². The van der Waals surface area contributed by atoms with Gasteiger partial charge in [-0.05, 0) is 48.8 Å². The van der Waals surface area contributed by atoms with E-state index < -0.39 is 18.5 Å². The highest BCUT2D eigenvalue weighted by Gasteiger charge is 2.46. The molecule has 25 heavy (non-hydrogen) atoms. The van der Waals surface area contributed by atoms with Gasteiger partial charge in [0.15, 0.2) is 0 Å². The number of amides is 1. The van der Waals surface area contributed by atoms with Gasteiger partial charge in [0.05, 0.1) is 5.92 Å². The van der Waals surface area contributed by atoms with Gasteiger partial charge in [0.1, 0.15) is 5.75 Å². The van der Waals surface area contributed by atoms with Crippen molar-refractivity contribution in [2.24, 2.45) is 17.8 Å². The van der Waals surface area contributed by atoms with Crippen LogP contribution in [0.25, 0.3) is 0 Å². The van der Waals surface area contributed by atoms with Gasteiger partial charge in [-0.1, -0.05) is 12.1 Å². The third-order valence-corrected chi connectivity index (χ3v) is 5.04. The Bertz CT molecular complexity index is 630. The zero-order valence-corrected chi connectivity index (χ0v) is 13.7. The summed E-state index contributed by atoms with van der Waals surface area (Å²) in [5.74, 6) is -0.721. The second kappa shape index (κ2) is 7.37. The minimum Gasteiger partial charge on any atom is -0.481 e. The molecule has 1 aliphatic carbocycles. The van der Waals surface area contributed by atoms with E-state index in [2.05, 4.69) is 4.74 Å². The number of carboxylic acid groups (broad SMARTS) is 1. The molecule has 0 bridgehead atoms. The predicted octanol–water partition coefficient (Wildman–Crippen LogP) is 2.79. The summed E-state index contributed by atoms with van der Waals surface area (Å²) < 4.78 is 28.5. The van der Waals surface area contributed by atoms with Gasteiger partial charge in [0.2, 0.25) is 5.91 Å². The molecule has 136 valence electrons. The SMILES string of the molecule is O=C(O)[C@H]1CN(C(=O)CCc2ccc(OC(F)F)cc2)C[C@@H]1C1CC1. The molecule has 1 heterocycles. The fourth-order valence-electron chi connectivity index (χ4n) is 3.54. The lowest BCUT2D eigenvalue weighted by atomic mass is 9.92. The molecular weight excluding hydrogens is 332 g/mol. The van der Waals surface area contributed by atoms with Crippen LogP contribution in [-0.4, -0.2) is 41.6 Å². The van der Waals surface area contributed by atoms with Crippen LogP contribution in [0, 0.1) is 17.8 Å². The molecular formula is C18H21F2NO4. The lowest BCUT2D eigenvalue weighted by Gasteiger charge is -2.16. The molecule has 2 aliphatic rings. The van der Waals surface area contributed by atoms with Crippen molar-refractivity contribution in [3.8, 4) is 5.75 Å². The Morgan fingerprint density at radius 1 is 1.20 bits per heavy atom. The maximum Gasteiger partial charge on any atom is 0.387 e. The Hall–Kier alpha value is -2.18. The standard InChI is InChI=1S/C18H21F2NO4/c19-18(20)25-13-6-1-11(2-7-13)3-8-16(22)21-9-14(12-4-5-12)15(10-21)17(23)24/h1-2,6-7,12,14-15,18H,3-5,8-10H2,(H,23,24)/t14-,15+/m1/s1. The molecule has 1 aromatic carbocycles. The number of aryl methyl sites for hydroxylation is 1. The first kappa shape index (κ1) is 17.6.